The van der Waals surface area contributed by atoms with Gasteiger partial charge in [-0.2, -0.15) is 0 Å². The van der Waals surface area contributed by atoms with Gasteiger partial charge in [0.15, 0.2) is 0 Å². The summed E-state index contributed by atoms with van der Waals surface area (Å²) in [5, 5.41) is 63.8. The predicted octanol–water partition coefficient (Wildman–Crippen LogP) is -3.33. The molecule has 0 aromatic heterocycles. The van der Waals surface area contributed by atoms with Crippen LogP contribution in [0.15, 0.2) is 0 Å². The highest BCUT2D eigenvalue weighted by Gasteiger charge is 2.30. The molecule has 0 aliphatic carbocycles. The monoisotopic (exact) mass is 559 g/mol. The molecule has 0 heterocycles. The standard InChI is InChI=1S/C20H37N3O11S2/c1-11(3-4-15(27)22-7-13(25)17(29)18(30)14(26)9-24)19(31)23-12(20(32)33)10-36-35-6-5-34-16(28)8-21-2/h11-14,17-18,21,24-26,29-30H,3-10H2,1-2H3,(H,22,27)(H,23,31)(H,32,33)/t11-,12-,13-,14+,17+,18+/m0/s1. The van der Waals surface area contributed by atoms with Crippen LogP contribution in [0.1, 0.15) is 19.8 Å². The van der Waals surface area contributed by atoms with Crippen molar-refractivity contribution in [3.63, 3.8) is 0 Å². The molecule has 0 aliphatic heterocycles. The summed E-state index contributed by atoms with van der Waals surface area (Å²) in [4.78, 5) is 47.0. The molecule has 0 bridgehead atoms. The average Bonchev–Trinajstić information content (AvgIpc) is 2.85. The molecule has 0 aliphatic rings. The second kappa shape index (κ2) is 19.5. The van der Waals surface area contributed by atoms with E-state index < -0.39 is 73.3 Å². The van der Waals surface area contributed by atoms with E-state index in [0.717, 1.165) is 0 Å². The number of carboxylic acids is 1. The van der Waals surface area contributed by atoms with Crippen molar-refractivity contribution in [3.05, 3.63) is 0 Å². The van der Waals surface area contributed by atoms with Crippen molar-refractivity contribution in [1.82, 2.24) is 16.0 Å². The first-order chi connectivity index (χ1) is 16.9. The van der Waals surface area contributed by atoms with Crippen LogP contribution in [0.3, 0.4) is 0 Å². The minimum atomic E-state index is -1.81. The van der Waals surface area contributed by atoms with Gasteiger partial charge in [0.25, 0.3) is 0 Å². The molecule has 0 saturated carbocycles. The molecule has 9 N–H and O–H groups in total. The van der Waals surface area contributed by atoms with Crippen molar-refractivity contribution in [2.75, 3.05) is 44.9 Å². The third kappa shape index (κ3) is 14.8. The third-order valence-corrected chi connectivity index (χ3v) is 7.15. The quantitative estimate of drug-likeness (QED) is 0.0403. The first-order valence-corrected chi connectivity index (χ1v) is 13.6. The Bertz CT molecular complexity index is 689. The number of nitrogens with one attached hydrogen (secondary N) is 3. The molecule has 6 atom stereocenters. The van der Waals surface area contributed by atoms with Gasteiger partial charge in [-0.1, -0.05) is 28.5 Å². The molecular weight excluding hydrogens is 522 g/mol. The minimum absolute atomic E-state index is 0.0699. The van der Waals surface area contributed by atoms with Gasteiger partial charge < -0.3 is 51.3 Å². The lowest BCUT2D eigenvalue weighted by Gasteiger charge is -2.25. The van der Waals surface area contributed by atoms with Crippen LogP contribution in [0.25, 0.3) is 0 Å². The van der Waals surface area contributed by atoms with Crippen LogP contribution in [0.2, 0.25) is 0 Å². The number of carbonyl (C=O) groups excluding carboxylic acids is 3. The van der Waals surface area contributed by atoms with E-state index in [1.807, 2.05) is 0 Å². The number of aliphatic hydroxyl groups excluding tert-OH is 5. The Labute approximate surface area is 216 Å². The zero-order valence-corrected chi connectivity index (χ0v) is 21.8. The lowest BCUT2D eigenvalue weighted by Crippen LogP contribution is -2.49. The molecule has 16 heteroatoms. The largest absolute Gasteiger partial charge is 0.480 e. The van der Waals surface area contributed by atoms with Crippen molar-refractivity contribution in [3.8, 4) is 0 Å². The summed E-state index contributed by atoms with van der Waals surface area (Å²) in [5.74, 6) is -2.92. The van der Waals surface area contributed by atoms with Gasteiger partial charge in [0, 0.05) is 30.4 Å². The number of esters is 1. The molecule has 0 unspecified atom stereocenters. The number of aliphatic carboxylic acids is 1. The molecule has 0 aromatic rings. The van der Waals surface area contributed by atoms with Crippen LogP contribution < -0.4 is 16.0 Å². The van der Waals surface area contributed by atoms with Crippen molar-refractivity contribution in [1.29, 1.82) is 0 Å². The smallest absolute Gasteiger partial charge is 0.327 e. The molecule has 0 radical (unpaired) electrons. The number of likely N-dealkylation sites (N-methyl/N-ethyl adjacent to an activating group) is 1. The Morgan fingerprint density at radius 2 is 1.64 bits per heavy atom. The van der Waals surface area contributed by atoms with Crippen molar-refractivity contribution in [2.45, 2.75) is 50.2 Å². The van der Waals surface area contributed by atoms with E-state index in [9.17, 15) is 44.7 Å². The Morgan fingerprint density at radius 1 is 1.00 bits per heavy atom. The molecule has 210 valence electrons. The van der Waals surface area contributed by atoms with Gasteiger partial charge >= 0.3 is 11.9 Å². The number of carbonyl (C=O) groups is 4. The fraction of sp³-hybridized carbons (Fsp3) is 0.800. The van der Waals surface area contributed by atoms with E-state index in [2.05, 4.69) is 16.0 Å². The second-order valence-electron chi connectivity index (χ2n) is 7.80. The van der Waals surface area contributed by atoms with Crippen molar-refractivity contribution in [2.24, 2.45) is 5.92 Å². The molecule has 2 amide bonds. The summed E-state index contributed by atoms with van der Waals surface area (Å²) in [7, 11) is 4.11. The fourth-order valence-corrected chi connectivity index (χ4v) is 4.50. The van der Waals surface area contributed by atoms with Gasteiger partial charge in [-0.25, -0.2) is 4.79 Å². The van der Waals surface area contributed by atoms with E-state index in [1.54, 1.807) is 7.05 Å². The number of hydrogen-bond donors (Lipinski definition) is 9. The lowest BCUT2D eigenvalue weighted by atomic mass is 10.0. The summed E-state index contributed by atoms with van der Waals surface area (Å²) < 4.78 is 4.93. The SMILES string of the molecule is CNCC(=O)OCCSSC[C@H](NC(=O)[C@@H](C)CCC(=O)NC[C@H](O)[C@@H](O)[C@H](O)[C@H](O)CO)C(=O)O. The molecule has 0 aromatic carbocycles. The van der Waals surface area contributed by atoms with Gasteiger partial charge in [-0.15, -0.1) is 0 Å². The van der Waals surface area contributed by atoms with E-state index >= 15 is 0 Å². The number of ether oxygens (including phenoxy) is 1. The number of carboxylic acid groups (broad SMARTS) is 1. The molecule has 0 spiro atoms. The minimum Gasteiger partial charge on any atom is -0.480 e. The molecule has 36 heavy (non-hydrogen) atoms. The maximum atomic E-state index is 12.3. The Hall–Kier alpha value is -1.66. The van der Waals surface area contributed by atoms with Crippen LogP contribution in [0.4, 0.5) is 0 Å². The van der Waals surface area contributed by atoms with Crippen molar-refractivity contribution < 1.29 is 54.6 Å². The van der Waals surface area contributed by atoms with Gasteiger partial charge in [-0.05, 0) is 13.5 Å². The Kier molecular flexibility index (Phi) is 18.6. The number of hydrogen-bond acceptors (Lipinski definition) is 13. The zero-order valence-electron chi connectivity index (χ0n) is 20.2. The zero-order chi connectivity index (χ0) is 27.7. The molecule has 0 saturated heterocycles. The normalized spacial score (nSPS) is 16.2. The number of amides is 2. The third-order valence-electron chi connectivity index (χ3n) is 4.77. The average molecular weight is 560 g/mol. The molecule has 0 fully saturated rings. The summed E-state index contributed by atoms with van der Waals surface area (Å²) in [6.45, 7) is 0.513. The summed E-state index contributed by atoms with van der Waals surface area (Å²) >= 11 is 0. The summed E-state index contributed by atoms with van der Waals surface area (Å²) in [6, 6.07) is -1.16. The Balaban J connectivity index is 4.32. The van der Waals surface area contributed by atoms with Gasteiger partial charge in [0.2, 0.25) is 11.8 Å². The summed E-state index contributed by atoms with van der Waals surface area (Å²) in [5.41, 5.74) is 0. The highest BCUT2D eigenvalue weighted by atomic mass is 33.1. The van der Waals surface area contributed by atoms with Gasteiger partial charge in [0.1, 0.15) is 31.0 Å². The van der Waals surface area contributed by atoms with Crippen LogP contribution in [-0.4, -0.2) is 130 Å². The van der Waals surface area contributed by atoms with E-state index in [-0.39, 0.29) is 31.7 Å². The second-order valence-corrected chi connectivity index (χ2v) is 10.4. The highest BCUT2D eigenvalue weighted by molar-refractivity contribution is 8.76. The highest BCUT2D eigenvalue weighted by Crippen LogP contribution is 2.22. The fourth-order valence-electron chi connectivity index (χ4n) is 2.52. The van der Waals surface area contributed by atoms with Crippen LogP contribution in [0.5, 0.6) is 0 Å². The number of rotatable bonds is 20. The maximum Gasteiger partial charge on any atom is 0.327 e. The van der Waals surface area contributed by atoms with Crippen molar-refractivity contribution >= 4 is 45.3 Å². The molecule has 14 nitrogen and oxygen atoms in total. The van der Waals surface area contributed by atoms with Gasteiger partial charge in [-0.3, -0.25) is 14.4 Å². The van der Waals surface area contributed by atoms with E-state index in [4.69, 9.17) is 9.84 Å². The van der Waals surface area contributed by atoms with Crippen LogP contribution >= 0.6 is 21.6 Å². The van der Waals surface area contributed by atoms with Crippen LogP contribution in [0, 0.1) is 5.92 Å². The predicted molar refractivity (Wildman–Crippen MR) is 132 cm³/mol. The van der Waals surface area contributed by atoms with Crippen LogP contribution in [-0.2, 0) is 23.9 Å². The van der Waals surface area contributed by atoms with E-state index in [0.29, 0.717) is 5.75 Å². The maximum absolute atomic E-state index is 12.3. The van der Waals surface area contributed by atoms with E-state index in [1.165, 1.54) is 28.5 Å². The molecular formula is C20H37N3O11S2. The van der Waals surface area contributed by atoms with Gasteiger partial charge in [0.05, 0.1) is 19.3 Å². The summed E-state index contributed by atoms with van der Waals surface area (Å²) in [6.07, 6.45) is -6.95. The first kappa shape index (κ1) is 34.3. The topological polar surface area (TPSA) is 235 Å². The first-order valence-electron chi connectivity index (χ1n) is 11.1. The lowest BCUT2D eigenvalue weighted by molar-refractivity contribution is -0.142. The molecule has 0 rings (SSSR count). The number of aliphatic hydroxyl groups is 5. The Morgan fingerprint density at radius 3 is 2.22 bits per heavy atom.